The van der Waals surface area contributed by atoms with Crippen molar-refractivity contribution in [2.75, 3.05) is 0 Å². The minimum absolute atomic E-state index is 0.117. The maximum absolute atomic E-state index is 12.2. The van der Waals surface area contributed by atoms with Crippen LogP contribution in [0, 0.1) is 0 Å². The summed E-state index contributed by atoms with van der Waals surface area (Å²) >= 11 is 0. The summed E-state index contributed by atoms with van der Waals surface area (Å²) in [6.45, 7) is -0.117. The summed E-state index contributed by atoms with van der Waals surface area (Å²) in [6, 6.07) is 13.6. The third kappa shape index (κ3) is 3.12. The van der Waals surface area contributed by atoms with Gasteiger partial charge in [-0.1, -0.05) is 36.4 Å². The van der Waals surface area contributed by atoms with Gasteiger partial charge in [0.1, 0.15) is 6.61 Å². The van der Waals surface area contributed by atoms with Crippen LogP contribution in [0.5, 0.6) is 0 Å². The summed E-state index contributed by atoms with van der Waals surface area (Å²) in [5.41, 5.74) is 7.28. The molecule has 1 atom stereocenters. The summed E-state index contributed by atoms with van der Waals surface area (Å²) in [7, 11) is 0. The fourth-order valence-corrected chi connectivity index (χ4v) is 2.59. The van der Waals surface area contributed by atoms with Crippen LogP contribution in [0.4, 0.5) is 0 Å². The molecule has 0 saturated carbocycles. The molecule has 1 aliphatic rings. The molecule has 6 heteroatoms. The van der Waals surface area contributed by atoms with Crippen molar-refractivity contribution in [3.63, 3.8) is 0 Å². The van der Waals surface area contributed by atoms with Gasteiger partial charge >= 0.3 is 11.9 Å². The standard InChI is InChI=1S/C18H15NO5/c19-16(20)13-7-3-2-6-12(13)10-23-18(22)15-9-11-5-1-4-8-14(11)17(21)24-15/h1-8,15H,9-10H2,(H2,19,20). The van der Waals surface area contributed by atoms with Crippen molar-refractivity contribution in [2.45, 2.75) is 19.1 Å². The first kappa shape index (κ1) is 15.7. The molecule has 6 nitrogen and oxygen atoms in total. The van der Waals surface area contributed by atoms with Crippen LogP contribution in [0.25, 0.3) is 0 Å². The van der Waals surface area contributed by atoms with Crippen LogP contribution in [0.15, 0.2) is 48.5 Å². The highest BCUT2D eigenvalue weighted by Crippen LogP contribution is 2.21. The van der Waals surface area contributed by atoms with E-state index in [0.717, 1.165) is 5.56 Å². The monoisotopic (exact) mass is 325 g/mol. The van der Waals surface area contributed by atoms with Crippen LogP contribution in [0.3, 0.4) is 0 Å². The van der Waals surface area contributed by atoms with Gasteiger partial charge in [0.15, 0.2) is 0 Å². The molecule has 1 aliphatic heterocycles. The number of hydrogen-bond donors (Lipinski definition) is 1. The average molecular weight is 325 g/mol. The number of amides is 1. The van der Waals surface area contributed by atoms with E-state index in [1.807, 2.05) is 0 Å². The molecule has 0 saturated heterocycles. The molecular weight excluding hydrogens is 310 g/mol. The Hall–Kier alpha value is -3.15. The van der Waals surface area contributed by atoms with E-state index in [1.54, 1.807) is 48.5 Å². The Morgan fingerprint density at radius 2 is 1.83 bits per heavy atom. The molecule has 1 unspecified atom stereocenters. The zero-order chi connectivity index (χ0) is 17.1. The third-order valence-electron chi connectivity index (χ3n) is 3.81. The van der Waals surface area contributed by atoms with Gasteiger partial charge in [-0.05, 0) is 17.7 Å². The molecule has 0 aromatic heterocycles. The number of carbonyl (C=O) groups excluding carboxylic acids is 3. The quantitative estimate of drug-likeness (QED) is 0.862. The Labute approximate surface area is 138 Å². The Morgan fingerprint density at radius 3 is 2.62 bits per heavy atom. The van der Waals surface area contributed by atoms with Crippen molar-refractivity contribution in [1.29, 1.82) is 0 Å². The molecule has 1 heterocycles. The molecule has 1 amide bonds. The molecule has 122 valence electrons. The van der Waals surface area contributed by atoms with Gasteiger partial charge in [-0.3, -0.25) is 4.79 Å². The van der Waals surface area contributed by atoms with E-state index >= 15 is 0 Å². The van der Waals surface area contributed by atoms with Crippen LogP contribution < -0.4 is 5.73 Å². The lowest BCUT2D eigenvalue weighted by Gasteiger charge is -2.23. The highest BCUT2D eigenvalue weighted by atomic mass is 16.6. The number of rotatable bonds is 4. The zero-order valence-corrected chi connectivity index (χ0v) is 12.7. The van der Waals surface area contributed by atoms with E-state index in [1.165, 1.54) is 0 Å². The number of ether oxygens (including phenoxy) is 2. The summed E-state index contributed by atoms with van der Waals surface area (Å²) in [4.78, 5) is 35.5. The Morgan fingerprint density at radius 1 is 1.12 bits per heavy atom. The number of nitrogens with two attached hydrogens (primary N) is 1. The van der Waals surface area contributed by atoms with Crippen molar-refractivity contribution in [3.05, 3.63) is 70.8 Å². The van der Waals surface area contributed by atoms with Gasteiger partial charge in [-0.15, -0.1) is 0 Å². The first-order chi connectivity index (χ1) is 11.6. The van der Waals surface area contributed by atoms with Crippen LogP contribution in [-0.4, -0.2) is 23.9 Å². The topological polar surface area (TPSA) is 95.7 Å². The summed E-state index contributed by atoms with van der Waals surface area (Å²) in [5, 5.41) is 0. The summed E-state index contributed by atoms with van der Waals surface area (Å²) in [5.74, 6) is -1.80. The first-order valence-electron chi connectivity index (χ1n) is 7.39. The fourth-order valence-electron chi connectivity index (χ4n) is 2.59. The number of hydrogen-bond acceptors (Lipinski definition) is 5. The number of carbonyl (C=O) groups is 3. The minimum Gasteiger partial charge on any atom is -0.458 e. The molecular formula is C18H15NO5. The molecule has 0 radical (unpaired) electrons. The molecule has 0 aliphatic carbocycles. The smallest absolute Gasteiger partial charge is 0.348 e. The molecule has 0 bridgehead atoms. The molecule has 2 aromatic rings. The predicted octanol–water partition coefficient (Wildman–Crippen LogP) is 1.61. The summed E-state index contributed by atoms with van der Waals surface area (Å²) < 4.78 is 10.3. The number of esters is 2. The van der Waals surface area contributed by atoms with Crippen molar-refractivity contribution in [2.24, 2.45) is 5.73 Å². The lowest BCUT2D eigenvalue weighted by atomic mass is 9.99. The lowest BCUT2D eigenvalue weighted by molar-refractivity contribution is -0.155. The van der Waals surface area contributed by atoms with E-state index in [9.17, 15) is 14.4 Å². The van der Waals surface area contributed by atoms with E-state index in [-0.39, 0.29) is 18.6 Å². The lowest BCUT2D eigenvalue weighted by Crippen LogP contribution is -2.35. The maximum Gasteiger partial charge on any atom is 0.348 e. The number of cyclic esters (lactones) is 1. The molecule has 0 spiro atoms. The van der Waals surface area contributed by atoms with Crippen molar-refractivity contribution in [3.8, 4) is 0 Å². The van der Waals surface area contributed by atoms with Crippen molar-refractivity contribution >= 4 is 17.8 Å². The molecule has 24 heavy (non-hydrogen) atoms. The molecule has 2 N–H and O–H groups in total. The second-order valence-electron chi connectivity index (χ2n) is 5.38. The first-order valence-corrected chi connectivity index (χ1v) is 7.39. The number of fused-ring (bicyclic) bond motifs is 1. The number of primary amides is 1. The second kappa shape index (κ2) is 6.54. The largest absolute Gasteiger partial charge is 0.458 e. The maximum atomic E-state index is 12.2. The van der Waals surface area contributed by atoms with Crippen LogP contribution in [0.1, 0.15) is 31.8 Å². The van der Waals surface area contributed by atoms with E-state index in [0.29, 0.717) is 11.1 Å². The normalized spacial score (nSPS) is 16.0. The van der Waals surface area contributed by atoms with Gasteiger partial charge in [0.2, 0.25) is 12.0 Å². The molecule has 0 fully saturated rings. The third-order valence-corrected chi connectivity index (χ3v) is 3.81. The van der Waals surface area contributed by atoms with Crippen LogP contribution in [0.2, 0.25) is 0 Å². The van der Waals surface area contributed by atoms with Crippen molar-refractivity contribution in [1.82, 2.24) is 0 Å². The van der Waals surface area contributed by atoms with Gasteiger partial charge in [-0.25, -0.2) is 9.59 Å². The van der Waals surface area contributed by atoms with Crippen LogP contribution in [-0.2, 0) is 27.3 Å². The van der Waals surface area contributed by atoms with Gasteiger partial charge in [0.25, 0.3) is 0 Å². The Bertz CT molecular complexity index is 815. The molecule has 3 rings (SSSR count). The van der Waals surface area contributed by atoms with E-state index < -0.39 is 23.9 Å². The Kier molecular flexibility index (Phi) is 4.29. The minimum atomic E-state index is -0.992. The zero-order valence-electron chi connectivity index (χ0n) is 12.7. The predicted molar refractivity (Wildman–Crippen MR) is 84.1 cm³/mol. The van der Waals surface area contributed by atoms with E-state index in [4.69, 9.17) is 15.2 Å². The van der Waals surface area contributed by atoms with Gasteiger partial charge in [-0.2, -0.15) is 0 Å². The van der Waals surface area contributed by atoms with Crippen LogP contribution >= 0.6 is 0 Å². The summed E-state index contributed by atoms with van der Waals surface area (Å²) in [6.07, 6.45) is -0.730. The number of benzene rings is 2. The van der Waals surface area contributed by atoms with Gasteiger partial charge < -0.3 is 15.2 Å². The highest BCUT2D eigenvalue weighted by molar-refractivity contribution is 5.95. The second-order valence-corrected chi connectivity index (χ2v) is 5.38. The van der Waals surface area contributed by atoms with Gasteiger partial charge in [0.05, 0.1) is 5.56 Å². The Balaban J connectivity index is 1.69. The SMILES string of the molecule is NC(=O)c1ccccc1COC(=O)C1Cc2ccccc2C(=O)O1. The van der Waals surface area contributed by atoms with E-state index in [2.05, 4.69) is 0 Å². The molecule has 2 aromatic carbocycles. The average Bonchev–Trinajstić information content (AvgIpc) is 2.59. The van der Waals surface area contributed by atoms with Crippen molar-refractivity contribution < 1.29 is 23.9 Å². The fraction of sp³-hybridized carbons (Fsp3) is 0.167. The highest BCUT2D eigenvalue weighted by Gasteiger charge is 2.32. The van der Waals surface area contributed by atoms with Gasteiger partial charge in [0, 0.05) is 17.5 Å².